The molecule has 12 heteroatoms. The monoisotopic (exact) mass is 424 g/mol. The number of phosphoric ester groups is 1. The van der Waals surface area contributed by atoms with E-state index in [4.69, 9.17) is 9.78 Å². The summed E-state index contributed by atoms with van der Waals surface area (Å²) < 4.78 is 14.8. The molecule has 1 aromatic rings. The van der Waals surface area contributed by atoms with Gasteiger partial charge in [0, 0.05) is 10.1 Å². The summed E-state index contributed by atoms with van der Waals surface area (Å²) >= 11 is 0. The van der Waals surface area contributed by atoms with Gasteiger partial charge in [-0.2, -0.15) is 4.89 Å². The zero-order valence-corrected chi connectivity index (χ0v) is 20.9. The van der Waals surface area contributed by atoms with Gasteiger partial charge in [-0.1, -0.05) is 57.2 Å². The van der Waals surface area contributed by atoms with E-state index in [1.807, 2.05) is 0 Å². The third-order valence-corrected chi connectivity index (χ3v) is 3.62. The van der Waals surface area contributed by atoms with Crippen LogP contribution < -0.4 is 73.8 Å². The van der Waals surface area contributed by atoms with Crippen LogP contribution in [0.5, 0.6) is 5.75 Å². The maximum atomic E-state index is 10.6. The SMILES string of the molecule is CCCCCCCC(COP(=O)([O-])[O-])OOOOOc1ccccc1.[Na+].[Na+]. The molecule has 0 saturated heterocycles. The van der Waals surface area contributed by atoms with Gasteiger partial charge in [0.25, 0.3) is 0 Å². The summed E-state index contributed by atoms with van der Waals surface area (Å²) in [6.45, 7) is 1.63. The molecule has 0 saturated carbocycles. The van der Waals surface area contributed by atoms with Crippen molar-refractivity contribution in [1.29, 1.82) is 0 Å². The molecule has 144 valence electrons. The Hall–Kier alpha value is 0.970. The summed E-state index contributed by atoms with van der Waals surface area (Å²) in [5.74, 6) is 0.376. The molecule has 0 radical (unpaired) electrons. The Labute approximate surface area is 203 Å². The van der Waals surface area contributed by atoms with Crippen molar-refractivity contribution in [3.05, 3.63) is 30.3 Å². The van der Waals surface area contributed by atoms with Gasteiger partial charge in [-0.05, 0) is 23.6 Å². The standard InChI is InChI=1S/C15H25O9P.2Na/c1-2-3-4-5-7-12-15(13-19-25(16,17)18)21-23-24-22-20-14-10-8-6-9-11-14;;/h6,8-11,15H,2-5,7,12-13H2,1H3,(H2,16,17,18);;/q;2*+1/p-2. The van der Waals surface area contributed by atoms with Crippen molar-refractivity contribution >= 4 is 7.82 Å². The van der Waals surface area contributed by atoms with Gasteiger partial charge in [-0.3, -0.25) is 0 Å². The molecule has 1 rings (SSSR count). The van der Waals surface area contributed by atoms with Crippen molar-refractivity contribution in [2.75, 3.05) is 6.61 Å². The second-order valence-corrected chi connectivity index (χ2v) is 6.42. The first kappa shape index (κ1) is 30.2. The van der Waals surface area contributed by atoms with E-state index >= 15 is 0 Å². The van der Waals surface area contributed by atoms with Crippen LogP contribution in [0.15, 0.2) is 30.3 Å². The van der Waals surface area contributed by atoms with Gasteiger partial charge in [0.1, 0.15) is 6.10 Å². The molecule has 0 fully saturated rings. The molecule has 0 aliphatic heterocycles. The molecule has 0 spiro atoms. The van der Waals surface area contributed by atoms with E-state index in [1.165, 1.54) is 0 Å². The van der Waals surface area contributed by atoms with E-state index in [9.17, 15) is 14.4 Å². The van der Waals surface area contributed by atoms with Gasteiger partial charge in [0.05, 0.1) is 14.4 Å². The molecule has 0 aliphatic carbocycles. The largest absolute Gasteiger partial charge is 1.00 e. The number of rotatable bonds is 15. The molecule has 27 heavy (non-hydrogen) atoms. The number of para-hydroxylation sites is 1. The van der Waals surface area contributed by atoms with Crippen LogP contribution in [0, 0.1) is 0 Å². The number of phosphoric acid groups is 1. The van der Waals surface area contributed by atoms with Crippen molar-refractivity contribution < 1.29 is 103 Å². The van der Waals surface area contributed by atoms with Crippen LogP contribution in [0.1, 0.15) is 45.4 Å². The molecule has 1 aromatic carbocycles. The quantitative estimate of drug-likeness (QED) is 0.0924. The minimum atomic E-state index is -5.09. The Morgan fingerprint density at radius 2 is 1.63 bits per heavy atom. The fraction of sp³-hybridized carbons (Fsp3) is 0.600. The van der Waals surface area contributed by atoms with Crippen LogP contribution in [0.2, 0.25) is 0 Å². The van der Waals surface area contributed by atoms with Gasteiger partial charge in [0.15, 0.2) is 5.75 Å². The Kier molecular flexibility index (Phi) is 21.2. The molecular weight excluding hydrogens is 401 g/mol. The summed E-state index contributed by atoms with van der Waals surface area (Å²) in [5.41, 5.74) is 0. The molecule has 0 heterocycles. The van der Waals surface area contributed by atoms with E-state index < -0.39 is 20.5 Å². The maximum Gasteiger partial charge on any atom is 1.00 e. The molecule has 1 unspecified atom stereocenters. The molecule has 0 bridgehead atoms. The van der Waals surface area contributed by atoms with Crippen LogP contribution in [0.25, 0.3) is 0 Å². The summed E-state index contributed by atoms with van der Waals surface area (Å²) in [7, 11) is -5.09. The maximum absolute atomic E-state index is 10.6. The molecular formula is C15H23Na2O9P. The van der Waals surface area contributed by atoms with Crippen molar-refractivity contribution in [2.45, 2.75) is 51.6 Å². The van der Waals surface area contributed by atoms with Crippen molar-refractivity contribution in [3.63, 3.8) is 0 Å². The summed E-state index contributed by atoms with van der Waals surface area (Å²) in [6, 6.07) is 8.50. The first-order valence-electron chi connectivity index (χ1n) is 8.06. The van der Waals surface area contributed by atoms with E-state index in [0.29, 0.717) is 12.2 Å². The zero-order valence-electron chi connectivity index (χ0n) is 16.0. The average Bonchev–Trinajstić information content (AvgIpc) is 2.58. The van der Waals surface area contributed by atoms with Gasteiger partial charge >= 0.3 is 59.1 Å². The van der Waals surface area contributed by atoms with Crippen LogP contribution in [-0.2, 0) is 29.1 Å². The van der Waals surface area contributed by atoms with Crippen molar-refractivity contribution in [2.24, 2.45) is 0 Å². The van der Waals surface area contributed by atoms with E-state index in [1.54, 1.807) is 30.3 Å². The minimum absolute atomic E-state index is 0. The van der Waals surface area contributed by atoms with Crippen LogP contribution in [-0.4, -0.2) is 12.7 Å². The fourth-order valence-electron chi connectivity index (χ4n) is 1.92. The van der Waals surface area contributed by atoms with Gasteiger partial charge in [0.2, 0.25) is 0 Å². The van der Waals surface area contributed by atoms with E-state index in [-0.39, 0.29) is 59.1 Å². The Morgan fingerprint density at radius 1 is 0.963 bits per heavy atom. The number of unbranched alkanes of at least 4 members (excludes halogenated alkanes) is 4. The third-order valence-electron chi connectivity index (χ3n) is 3.15. The Bertz CT molecular complexity index is 489. The van der Waals surface area contributed by atoms with Crippen molar-refractivity contribution in [3.8, 4) is 5.75 Å². The average molecular weight is 424 g/mol. The Morgan fingerprint density at radius 3 is 2.26 bits per heavy atom. The number of benzene rings is 1. The normalized spacial score (nSPS) is 12.0. The molecule has 9 nitrogen and oxygen atoms in total. The van der Waals surface area contributed by atoms with Crippen LogP contribution in [0.4, 0.5) is 0 Å². The summed E-state index contributed by atoms with van der Waals surface area (Å²) in [4.78, 5) is 30.7. The topological polar surface area (TPSA) is 119 Å². The smallest absolute Gasteiger partial charge is 0.790 e. The molecule has 0 amide bonds. The van der Waals surface area contributed by atoms with Crippen molar-refractivity contribution in [1.82, 2.24) is 0 Å². The fourth-order valence-corrected chi connectivity index (χ4v) is 2.27. The summed E-state index contributed by atoms with van der Waals surface area (Å²) in [6.07, 6.45) is 4.58. The third kappa shape index (κ3) is 18.7. The van der Waals surface area contributed by atoms with Gasteiger partial charge in [-0.15, -0.1) is 0 Å². The van der Waals surface area contributed by atoms with Crippen LogP contribution >= 0.6 is 7.82 Å². The number of hydrogen-bond acceptors (Lipinski definition) is 9. The minimum Gasteiger partial charge on any atom is -0.790 e. The number of hydrogen-bond donors (Lipinski definition) is 0. The zero-order chi connectivity index (χ0) is 18.4. The molecule has 0 N–H and O–H groups in total. The van der Waals surface area contributed by atoms with Gasteiger partial charge < -0.3 is 23.8 Å². The first-order chi connectivity index (χ1) is 12.0. The molecule has 1 atom stereocenters. The van der Waals surface area contributed by atoms with Gasteiger partial charge in [-0.25, -0.2) is 0 Å². The second kappa shape index (κ2) is 19.0. The molecule has 0 aliphatic rings. The predicted molar refractivity (Wildman–Crippen MR) is 82.1 cm³/mol. The van der Waals surface area contributed by atoms with Crippen LogP contribution in [0.3, 0.4) is 0 Å². The van der Waals surface area contributed by atoms with E-state index in [0.717, 1.165) is 32.1 Å². The first-order valence-corrected chi connectivity index (χ1v) is 9.52. The van der Waals surface area contributed by atoms with E-state index in [2.05, 4.69) is 26.6 Å². The second-order valence-electron chi connectivity index (χ2n) is 5.26. The Balaban J connectivity index is 0. The predicted octanol–water partition coefficient (Wildman–Crippen LogP) is -3.63. The summed E-state index contributed by atoms with van der Waals surface area (Å²) in [5, 5.41) is 12.9. The molecule has 0 aromatic heterocycles.